The van der Waals surface area contributed by atoms with Gasteiger partial charge in [-0.3, -0.25) is 4.99 Å². The lowest BCUT2D eigenvalue weighted by atomic mass is 10.0. The predicted octanol–water partition coefficient (Wildman–Crippen LogP) is 1.26. The predicted molar refractivity (Wildman–Crippen MR) is 71.0 cm³/mol. The molecule has 0 aliphatic heterocycles. The van der Waals surface area contributed by atoms with E-state index in [9.17, 15) is 0 Å². The summed E-state index contributed by atoms with van der Waals surface area (Å²) in [6, 6.07) is 0. The zero-order chi connectivity index (χ0) is 13.5. The fraction of sp³-hybridized carbons (Fsp3) is 0.917. The minimum absolute atomic E-state index is 0.126. The summed E-state index contributed by atoms with van der Waals surface area (Å²) >= 11 is 0. The van der Waals surface area contributed by atoms with Gasteiger partial charge in [-0.05, 0) is 40.5 Å². The summed E-state index contributed by atoms with van der Waals surface area (Å²) < 4.78 is 11.1. The minimum Gasteiger partial charge on any atom is -0.379 e. The van der Waals surface area contributed by atoms with Crippen LogP contribution in [0.1, 0.15) is 40.5 Å². The highest BCUT2D eigenvalue weighted by Crippen LogP contribution is 2.18. The van der Waals surface area contributed by atoms with Crippen LogP contribution >= 0.6 is 0 Å². The lowest BCUT2D eigenvalue weighted by molar-refractivity contribution is -0.0599. The average Bonchev–Trinajstić information content (AvgIpc) is 2.16. The number of rotatable bonds is 8. The molecule has 0 unspecified atom stereocenters. The first-order chi connectivity index (χ1) is 7.68. The van der Waals surface area contributed by atoms with Crippen molar-refractivity contribution in [2.24, 2.45) is 16.5 Å². The number of nitrogens with zero attached hydrogens (tertiary/aromatic N) is 1. The molecule has 0 aliphatic carbocycles. The SMILES string of the molecule is COC(C)(C)CCOC(C)(C)CCN=C(N)N. The third-order valence-corrected chi connectivity index (χ3v) is 2.76. The van der Waals surface area contributed by atoms with Crippen molar-refractivity contribution in [2.75, 3.05) is 20.3 Å². The van der Waals surface area contributed by atoms with Crippen LogP contribution in [0, 0.1) is 0 Å². The monoisotopic (exact) mass is 245 g/mol. The summed E-state index contributed by atoms with van der Waals surface area (Å²) in [7, 11) is 1.71. The summed E-state index contributed by atoms with van der Waals surface area (Å²) in [4.78, 5) is 3.95. The molecule has 102 valence electrons. The van der Waals surface area contributed by atoms with Crippen molar-refractivity contribution in [3.05, 3.63) is 0 Å². The number of ether oxygens (including phenoxy) is 2. The number of nitrogens with two attached hydrogens (primary N) is 2. The Kier molecular flexibility index (Phi) is 6.49. The Bertz CT molecular complexity index is 246. The Morgan fingerprint density at radius 2 is 1.65 bits per heavy atom. The van der Waals surface area contributed by atoms with Crippen LogP contribution in [0.5, 0.6) is 0 Å². The van der Waals surface area contributed by atoms with E-state index >= 15 is 0 Å². The van der Waals surface area contributed by atoms with Crippen molar-refractivity contribution in [2.45, 2.75) is 51.7 Å². The van der Waals surface area contributed by atoms with Crippen molar-refractivity contribution in [1.29, 1.82) is 0 Å². The first-order valence-electron chi connectivity index (χ1n) is 5.93. The molecule has 0 atom stereocenters. The standard InChI is InChI=1S/C12H27N3O2/c1-11(2,16-5)7-9-17-12(3,4)6-8-15-10(13)14/h6-9H2,1-5H3,(H4,13,14,15). The van der Waals surface area contributed by atoms with E-state index in [0.717, 1.165) is 12.8 Å². The maximum absolute atomic E-state index is 5.82. The van der Waals surface area contributed by atoms with Crippen LogP contribution in [-0.4, -0.2) is 37.4 Å². The molecule has 0 fully saturated rings. The smallest absolute Gasteiger partial charge is 0.185 e. The molecular weight excluding hydrogens is 218 g/mol. The second kappa shape index (κ2) is 6.81. The largest absolute Gasteiger partial charge is 0.379 e. The van der Waals surface area contributed by atoms with Crippen LogP contribution in [0.2, 0.25) is 0 Å². The quantitative estimate of drug-likeness (QED) is 0.498. The van der Waals surface area contributed by atoms with Gasteiger partial charge in [0.2, 0.25) is 0 Å². The number of aliphatic imine (C=N–C) groups is 1. The fourth-order valence-corrected chi connectivity index (χ4v) is 1.20. The lowest BCUT2D eigenvalue weighted by Crippen LogP contribution is -2.31. The summed E-state index contributed by atoms with van der Waals surface area (Å²) in [6.45, 7) is 9.41. The maximum atomic E-state index is 5.82. The van der Waals surface area contributed by atoms with Crippen LogP contribution in [0.3, 0.4) is 0 Å². The Labute approximate surface area is 105 Å². The highest BCUT2D eigenvalue weighted by atomic mass is 16.5. The van der Waals surface area contributed by atoms with E-state index in [1.165, 1.54) is 0 Å². The second-order valence-electron chi connectivity index (χ2n) is 5.38. The minimum atomic E-state index is -0.219. The molecule has 5 nitrogen and oxygen atoms in total. The van der Waals surface area contributed by atoms with Gasteiger partial charge in [0.1, 0.15) is 0 Å². The van der Waals surface area contributed by atoms with Gasteiger partial charge in [0.05, 0.1) is 17.8 Å². The molecule has 0 bridgehead atoms. The van der Waals surface area contributed by atoms with E-state index in [0.29, 0.717) is 13.2 Å². The van der Waals surface area contributed by atoms with E-state index < -0.39 is 0 Å². The number of guanidine groups is 1. The highest BCUT2D eigenvalue weighted by molar-refractivity contribution is 5.75. The molecular formula is C12H27N3O2. The van der Waals surface area contributed by atoms with Crippen molar-refractivity contribution in [3.63, 3.8) is 0 Å². The first-order valence-corrected chi connectivity index (χ1v) is 5.93. The molecule has 0 spiro atoms. The molecule has 0 radical (unpaired) electrons. The van der Waals surface area contributed by atoms with Crippen LogP contribution < -0.4 is 11.5 Å². The molecule has 4 N–H and O–H groups in total. The van der Waals surface area contributed by atoms with Gasteiger partial charge in [0, 0.05) is 13.7 Å². The molecule has 0 rings (SSSR count). The van der Waals surface area contributed by atoms with Gasteiger partial charge in [-0.1, -0.05) is 0 Å². The molecule has 5 heteroatoms. The molecule has 0 heterocycles. The topological polar surface area (TPSA) is 82.9 Å². The molecule has 0 amide bonds. The molecule has 0 aromatic rings. The van der Waals surface area contributed by atoms with Crippen molar-refractivity contribution in [3.8, 4) is 0 Å². The highest BCUT2D eigenvalue weighted by Gasteiger charge is 2.21. The first kappa shape index (κ1) is 16.2. The van der Waals surface area contributed by atoms with Gasteiger partial charge in [0.15, 0.2) is 5.96 Å². The van der Waals surface area contributed by atoms with Crippen LogP contribution in [0.25, 0.3) is 0 Å². The third kappa shape index (κ3) is 8.94. The summed E-state index contributed by atoms with van der Waals surface area (Å²) in [5.74, 6) is 0.126. The van der Waals surface area contributed by atoms with Crippen molar-refractivity contribution >= 4 is 5.96 Å². The summed E-state index contributed by atoms with van der Waals surface area (Å²) in [5.41, 5.74) is 10.2. The van der Waals surface area contributed by atoms with Gasteiger partial charge >= 0.3 is 0 Å². The van der Waals surface area contributed by atoms with Gasteiger partial charge < -0.3 is 20.9 Å². The van der Waals surface area contributed by atoms with Crippen molar-refractivity contribution in [1.82, 2.24) is 0 Å². The molecule has 0 aliphatic rings. The zero-order valence-electron chi connectivity index (χ0n) is 11.7. The Morgan fingerprint density at radius 1 is 1.06 bits per heavy atom. The Hall–Kier alpha value is -0.810. The van der Waals surface area contributed by atoms with Crippen LogP contribution in [0.4, 0.5) is 0 Å². The van der Waals surface area contributed by atoms with Crippen LogP contribution in [0.15, 0.2) is 4.99 Å². The molecule has 0 saturated carbocycles. The van der Waals surface area contributed by atoms with E-state index in [4.69, 9.17) is 20.9 Å². The van der Waals surface area contributed by atoms with Crippen LogP contribution in [-0.2, 0) is 9.47 Å². The van der Waals surface area contributed by atoms with E-state index in [-0.39, 0.29) is 17.2 Å². The van der Waals surface area contributed by atoms with E-state index in [1.54, 1.807) is 7.11 Å². The molecule has 17 heavy (non-hydrogen) atoms. The summed E-state index contributed by atoms with van der Waals surface area (Å²) in [6.07, 6.45) is 1.65. The zero-order valence-corrected chi connectivity index (χ0v) is 11.7. The normalized spacial score (nSPS) is 12.5. The lowest BCUT2D eigenvalue weighted by Gasteiger charge is -2.28. The maximum Gasteiger partial charge on any atom is 0.185 e. The van der Waals surface area contributed by atoms with Gasteiger partial charge in [0.25, 0.3) is 0 Å². The van der Waals surface area contributed by atoms with Crippen molar-refractivity contribution < 1.29 is 9.47 Å². The molecule has 0 saturated heterocycles. The van der Waals surface area contributed by atoms with Gasteiger partial charge in [-0.15, -0.1) is 0 Å². The molecule has 0 aromatic carbocycles. The second-order valence-corrected chi connectivity index (χ2v) is 5.38. The van der Waals surface area contributed by atoms with E-state index in [2.05, 4.69) is 4.99 Å². The van der Waals surface area contributed by atoms with Gasteiger partial charge in [-0.2, -0.15) is 0 Å². The van der Waals surface area contributed by atoms with E-state index in [1.807, 2.05) is 27.7 Å². The fourth-order valence-electron chi connectivity index (χ4n) is 1.20. The third-order valence-electron chi connectivity index (χ3n) is 2.76. The summed E-state index contributed by atoms with van der Waals surface area (Å²) in [5, 5.41) is 0. The number of methoxy groups -OCH3 is 1. The number of hydrogen-bond acceptors (Lipinski definition) is 3. The van der Waals surface area contributed by atoms with Gasteiger partial charge in [-0.25, -0.2) is 0 Å². The Balaban J connectivity index is 3.89. The molecule has 0 aromatic heterocycles. The number of hydrogen-bond donors (Lipinski definition) is 2. The average molecular weight is 245 g/mol. The Morgan fingerprint density at radius 3 is 2.12 bits per heavy atom.